The number of para-hydroxylation sites is 1. The van der Waals surface area contributed by atoms with Crippen molar-refractivity contribution in [2.45, 2.75) is 13.0 Å². The molecular formula is C23H22N2O5S2. The number of ether oxygens (including phenoxy) is 3. The van der Waals surface area contributed by atoms with Crippen LogP contribution in [0.15, 0.2) is 62.8 Å². The molecule has 0 spiro atoms. The third-order valence-corrected chi connectivity index (χ3v) is 6.81. The number of carbonyl (C=O) groups is 1. The number of hydrogen-bond acceptors (Lipinski definition) is 8. The molecular weight excluding hydrogens is 448 g/mol. The highest BCUT2D eigenvalue weighted by atomic mass is 32.1. The minimum absolute atomic E-state index is 0.105. The molecule has 0 fully saturated rings. The number of rotatable bonds is 7. The smallest absolute Gasteiger partial charge is 0.338 e. The molecule has 2 aromatic heterocycles. The monoisotopic (exact) mass is 470 g/mol. The van der Waals surface area contributed by atoms with Crippen LogP contribution in [-0.2, 0) is 14.3 Å². The molecule has 4 rings (SSSR count). The maximum atomic E-state index is 13.5. The minimum atomic E-state index is -0.720. The molecule has 32 heavy (non-hydrogen) atoms. The summed E-state index contributed by atoms with van der Waals surface area (Å²) < 4.78 is 18.1. The van der Waals surface area contributed by atoms with Crippen molar-refractivity contribution in [3.05, 3.63) is 83.2 Å². The van der Waals surface area contributed by atoms with Gasteiger partial charge in [0, 0.05) is 17.6 Å². The number of methoxy groups -OCH3 is 2. The van der Waals surface area contributed by atoms with Crippen LogP contribution in [0.4, 0.5) is 0 Å². The van der Waals surface area contributed by atoms with E-state index in [0.29, 0.717) is 31.9 Å². The highest BCUT2D eigenvalue weighted by molar-refractivity contribution is 7.11. The molecule has 0 N–H and O–H groups in total. The molecule has 1 aromatic carbocycles. The van der Waals surface area contributed by atoms with Gasteiger partial charge in [-0.15, -0.1) is 11.3 Å². The van der Waals surface area contributed by atoms with E-state index in [4.69, 9.17) is 14.2 Å². The first-order chi connectivity index (χ1) is 15.5. The number of esters is 1. The number of allylic oxidation sites excluding steroid dienone is 1. The normalized spacial score (nSPS) is 16.0. The van der Waals surface area contributed by atoms with Gasteiger partial charge >= 0.3 is 5.97 Å². The lowest BCUT2D eigenvalue weighted by molar-refractivity contribution is -0.140. The van der Waals surface area contributed by atoms with Gasteiger partial charge in [0.05, 0.1) is 29.5 Å². The Kier molecular flexibility index (Phi) is 6.69. The van der Waals surface area contributed by atoms with Crippen LogP contribution in [0, 0.1) is 0 Å². The topological polar surface area (TPSA) is 79.1 Å². The predicted octanol–water partition coefficient (Wildman–Crippen LogP) is 2.49. The van der Waals surface area contributed by atoms with Crippen molar-refractivity contribution < 1.29 is 19.0 Å². The van der Waals surface area contributed by atoms with Crippen molar-refractivity contribution >= 4 is 34.7 Å². The SMILES string of the molecule is COCCOC(=O)C1=C(C)N=c2s/c(=C/c3cccs3)c(=O)n2C1c1ccccc1OC. The fraction of sp³-hybridized carbons (Fsp3) is 0.261. The quantitative estimate of drug-likeness (QED) is 0.392. The van der Waals surface area contributed by atoms with Crippen molar-refractivity contribution in [3.63, 3.8) is 0 Å². The molecule has 0 bridgehead atoms. The summed E-state index contributed by atoms with van der Waals surface area (Å²) in [5, 5.41) is 1.96. The Balaban J connectivity index is 1.93. The molecule has 1 unspecified atom stereocenters. The highest BCUT2D eigenvalue weighted by Gasteiger charge is 2.35. The minimum Gasteiger partial charge on any atom is -0.496 e. The van der Waals surface area contributed by atoms with Crippen molar-refractivity contribution in [1.29, 1.82) is 0 Å². The van der Waals surface area contributed by atoms with Gasteiger partial charge < -0.3 is 14.2 Å². The molecule has 0 aliphatic carbocycles. The molecule has 0 amide bonds. The van der Waals surface area contributed by atoms with E-state index in [1.165, 1.54) is 18.4 Å². The average Bonchev–Trinajstić information content (AvgIpc) is 3.41. The van der Waals surface area contributed by atoms with Gasteiger partial charge in [0.1, 0.15) is 18.4 Å². The Bertz CT molecular complexity index is 1340. The Morgan fingerprint density at radius 2 is 2.00 bits per heavy atom. The number of nitrogens with zero attached hydrogens (tertiary/aromatic N) is 2. The standard InChI is InChI=1S/C23H22N2O5S2/c1-14-19(22(27)30-11-10-28-2)20(16-8-4-5-9-17(16)29-3)25-21(26)18(32-23(25)24-14)13-15-7-6-12-31-15/h4-9,12-13,20H,10-11H2,1-3H3/b18-13+. The lowest BCUT2D eigenvalue weighted by Gasteiger charge is -2.26. The van der Waals surface area contributed by atoms with E-state index in [2.05, 4.69) is 4.99 Å². The Morgan fingerprint density at radius 1 is 1.19 bits per heavy atom. The summed E-state index contributed by atoms with van der Waals surface area (Å²) >= 11 is 2.85. The molecule has 3 aromatic rings. The maximum absolute atomic E-state index is 13.5. The summed E-state index contributed by atoms with van der Waals surface area (Å²) in [4.78, 5) is 32.7. The van der Waals surface area contributed by atoms with E-state index in [0.717, 1.165) is 4.88 Å². The first-order valence-electron chi connectivity index (χ1n) is 9.90. The van der Waals surface area contributed by atoms with Gasteiger partial charge in [0.15, 0.2) is 4.80 Å². The van der Waals surface area contributed by atoms with Gasteiger partial charge in [-0.05, 0) is 30.5 Å². The number of hydrogen-bond donors (Lipinski definition) is 0. The van der Waals surface area contributed by atoms with Gasteiger partial charge in [-0.3, -0.25) is 9.36 Å². The number of thiophene rings is 1. The predicted molar refractivity (Wildman–Crippen MR) is 124 cm³/mol. The zero-order chi connectivity index (χ0) is 22.7. The number of thiazole rings is 1. The fourth-order valence-electron chi connectivity index (χ4n) is 3.57. The number of benzene rings is 1. The van der Waals surface area contributed by atoms with Crippen LogP contribution in [0.5, 0.6) is 5.75 Å². The van der Waals surface area contributed by atoms with Gasteiger partial charge in [-0.1, -0.05) is 35.6 Å². The van der Waals surface area contributed by atoms with E-state index in [1.807, 2.05) is 41.8 Å². The molecule has 0 radical (unpaired) electrons. The van der Waals surface area contributed by atoms with Crippen LogP contribution in [0.25, 0.3) is 6.08 Å². The molecule has 7 nitrogen and oxygen atoms in total. The molecule has 1 aliphatic rings. The van der Waals surface area contributed by atoms with Crippen molar-refractivity contribution in [3.8, 4) is 5.75 Å². The summed E-state index contributed by atoms with van der Waals surface area (Å²) in [5.74, 6) is 0.0361. The van der Waals surface area contributed by atoms with Crippen LogP contribution in [0.3, 0.4) is 0 Å². The molecule has 0 saturated heterocycles. The second-order valence-electron chi connectivity index (χ2n) is 6.97. The van der Waals surface area contributed by atoms with Crippen LogP contribution in [-0.4, -0.2) is 38.0 Å². The summed E-state index contributed by atoms with van der Waals surface area (Å²) in [6.45, 7) is 2.14. The van der Waals surface area contributed by atoms with E-state index >= 15 is 0 Å². The molecule has 9 heteroatoms. The van der Waals surface area contributed by atoms with E-state index < -0.39 is 12.0 Å². The fourth-order valence-corrected chi connectivity index (χ4v) is 5.34. The van der Waals surface area contributed by atoms with Crippen LogP contribution < -0.4 is 19.6 Å². The molecule has 0 saturated carbocycles. The first-order valence-corrected chi connectivity index (χ1v) is 11.6. The third-order valence-electron chi connectivity index (χ3n) is 5.01. The second-order valence-corrected chi connectivity index (χ2v) is 8.96. The first kappa shape index (κ1) is 22.2. The summed E-state index contributed by atoms with van der Waals surface area (Å²) in [6, 6.07) is 10.5. The zero-order valence-electron chi connectivity index (χ0n) is 17.9. The molecule has 166 valence electrons. The molecule has 1 aliphatic heterocycles. The lowest BCUT2D eigenvalue weighted by atomic mass is 9.95. The van der Waals surface area contributed by atoms with Gasteiger partial charge in [0.2, 0.25) is 0 Å². The van der Waals surface area contributed by atoms with Crippen LogP contribution in [0.2, 0.25) is 0 Å². The average molecular weight is 471 g/mol. The maximum Gasteiger partial charge on any atom is 0.338 e. The van der Waals surface area contributed by atoms with Crippen LogP contribution >= 0.6 is 22.7 Å². The zero-order valence-corrected chi connectivity index (χ0v) is 19.5. The Hall–Kier alpha value is -3.01. The number of aromatic nitrogens is 1. The largest absolute Gasteiger partial charge is 0.496 e. The van der Waals surface area contributed by atoms with Crippen molar-refractivity contribution in [2.75, 3.05) is 27.4 Å². The third kappa shape index (κ3) is 4.19. The van der Waals surface area contributed by atoms with Crippen LogP contribution in [0.1, 0.15) is 23.4 Å². The van der Waals surface area contributed by atoms with E-state index in [9.17, 15) is 9.59 Å². The summed E-state index contributed by atoms with van der Waals surface area (Å²) in [5.41, 5.74) is 1.28. The van der Waals surface area contributed by atoms with Crippen molar-refractivity contribution in [1.82, 2.24) is 4.57 Å². The Morgan fingerprint density at radius 3 is 2.72 bits per heavy atom. The second kappa shape index (κ2) is 9.64. The van der Waals surface area contributed by atoms with E-state index in [1.54, 1.807) is 36.0 Å². The van der Waals surface area contributed by atoms with Gasteiger partial charge in [0.25, 0.3) is 5.56 Å². The highest BCUT2D eigenvalue weighted by Crippen LogP contribution is 2.35. The lowest BCUT2D eigenvalue weighted by Crippen LogP contribution is -2.40. The van der Waals surface area contributed by atoms with Gasteiger partial charge in [-0.2, -0.15) is 0 Å². The van der Waals surface area contributed by atoms with Gasteiger partial charge in [-0.25, -0.2) is 9.79 Å². The summed E-state index contributed by atoms with van der Waals surface area (Å²) in [6.07, 6.45) is 1.85. The molecule has 3 heterocycles. The Labute approximate surface area is 192 Å². The molecule has 1 atom stereocenters. The number of carbonyl (C=O) groups excluding carboxylic acids is 1. The summed E-state index contributed by atoms with van der Waals surface area (Å²) in [7, 11) is 3.10. The van der Waals surface area contributed by atoms with Crippen molar-refractivity contribution in [2.24, 2.45) is 4.99 Å². The number of fused-ring (bicyclic) bond motifs is 1. The van der Waals surface area contributed by atoms with E-state index in [-0.39, 0.29) is 18.8 Å².